The predicted octanol–water partition coefficient (Wildman–Crippen LogP) is 2.58. The third-order valence-electron chi connectivity index (χ3n) is 1.47. The highest BCUT2D eigenvalue weighted by Crippen LogP contribution is 2.19. The summed E-state index contributed by atoms with van der Waals surface area (Å²) < 4.78 is 0.789. The van der Waals surface area contributed by atoms with Crippen molar-refractivity contribution in [3.05, 3.63) is 33.8 Å². The molecule has 0 saturated heterocycles. The fourth-order valence-corrected chi connectivity index (χ4v) is 1.82. The molecule has 2 nitrogen and oxygen atoms in total. The Balaban J connectivity index is 3.10. The van der Waals surface area contributed by atoms with Gasteiger partial charge >= 0.3 is 5.97 Å². The van der Waals surface area contributed by atoms with Crippen LogP contribution in [0.25, 0.3) is 0 Å². The van der Waals surface area contributed by atoms with E-state index in [1.807, 2.05) is 0 Å². The predicted molar refractivity (Wildman–Crippen MR) is 53.8 cm³/mol. The van der Waals surface area contributed by atoms with Crippen molar-refractivity contribution in [3.8, 4) is 0 Å². The van der Waals surface area contributed by atoms with Crippen molar-refractivity contribution in [3.63, 3.8) is 0 Å². The van der Waals surface area contributed by atoms with Crippen molar-refractivity contribution >= 4 is 34.5 Å². The summed E-state index contributed by atoms with van der Waals surface area (Å²) in [5.74, 6) is -0.318. The molecule has 0 heterocycles. The lowest BCUT2D eigenvalue weighted by molar-refractivity contribution is 0.0697. The minimum atomic E-state index is -0.915. The van der Waals surface area contributed by atoms with Gasteiger partial charge in [-0.3, -0.25) is 0 Å². The van der Waals surface area contributed by atoms with Gasteiger partial charge in [0.05, 0.1) is 5.56 Å². The number of thiol groups is 1. The fourth-order valence-electron chi connectivity index (χ4n) is 0.809. The van der Waals surface area contributed by atoms with Crippen LogP contribution in [0.3, 0.4) is 0 Å². The van der Waals surface area contributed by atoms with Crippen LogP contribution in [0, 0.1) is 0 Å². The maximum atomic E-state index is 10.5. The molecule has 64 valence electrons. The van der Waals surface area contributed by atoms with Crippen LogP contribution in [0.15, 0.2) is 22.7 Å². The van der Waals surface area contributed by atoms with Gasteiger partial charge in [-0.05, 0) is 17.7 Å². The van der Waals surface area contributed by atoms with Gasteiger partial charge in [-0.25, -0.2) is 4.79 Å². The molecule has 0 aromatic heterocycles. The van der Waals surface area contributed by atoms with Gasteiger partial charge in [0.25, 0.3) is 0 Å². The van der Waals surface area contributed by atoms with E-state index in [4.69, 9.17) is 5.11 Å². The van der Waals surface area contributed by atoms with Crippen LogP contribution < -0.4 is 0 Å². The second-order valence-corrected chi connectivity index (χ2v) is 3.44. The number of carboxylic acid groups (broad SMARTS) is 1. The molecule has 0 atom stereocenters. The lowest BCUT2D eigenvalue weighted by Gasteiger charge is -2.00. The van der Waals surface area contributed by atoms with E-state index in [9.17, 15) is 4.79 Å². The molecular weight excluding hydrogens is 240 g/mol. The molecule has 0 radical (unpaired) electrons. The number of benzene rings is 1. The molecule has 0 fully saturated rings. The van der Waals surface area contributed by atoms with E-state index < -0.39 is 5.97 Å². The monoisotopic (exact) mass is 246 g/mol. The van der Waals surface area contributed by atoms with Crippen LogP contribution in [-0.4, -0.2) is 11.1 Å². The van der Waals surface area contributed by atoms with Crippen LogP contribution in [0.4, 0.5) is 0 Å². The summed E-state index contributed by atoms with van der Waals surface area (Å²) in [5, 5.41) is 8.63. The number of hydrogen-bond donors (Lipinski definition) is 2. The molecule has 1 N–H and O–H groups in total. The van der Waals surface area contributed by atoms with E-state index in [1.165, 1.54) is 0 Å². The fraction of sp³-hybridized carbons (Fsp3) is 0.125. The Morgan fingerprint density at radius 2 is 2.25 bits per heavy atom. The number of rotatable bonds is 2. The van der Waals surface area contributed by atoms with Crippen LogP contribution in [0.5, 0.6) is 0 Å². The summed E-state index contributed by atoms with van der Waals surface area (Å²) in [6, 6.07) is 4.90. The van der Waals surface area contributed by atoms with Gasteiger partial charge in [-0.15, -0.1) is 0 Å². The average Bonchev–Trinajstić information content (AvgIpc) is 2.04. The third-order valence-corrected chi connectivity index (χ3v) is 2.55. The number of hydrogen-bond acceptors (Lipinski definition) is 2. The maximum absolute atomic E-state index is 10.5. The van der Waals surface area contributed by atoms with Crippen molar-refractivity contribution in [2.75, 3.05) is 0 Å². The number of carbonyl (C=O) groups is 1. The van der Waals surface area contributed by atoms with Gasteiger partial charge in [0.15, 0.2) is 0 Å². The van der Waals surface area contributed by atoms with Gasteiger partial charge in [0, 0.05) is 10.2 Å². The molecule has 1 aromatic carbocycles. The number of halogens is 1. The van der Waals surface area contributed by atoms with E-state index >= 15 is 0 Å². The highest BCUT2D eigenvalue weighted by Gasteiger charge is 2.04. The Labute approximate surface area is 84.1 Å². The molecule has 4 heteroatoms. The maximum Gasteiger partial charge on any atom is 0.335 e. The quantitative estimate of drug-likeness (QED) is 0.788. The van der Waals surface area contributed by atoms with Gasteiger partial charge in [-0.1, -0.05) is 22.0 Å². The first-order chi connectivity index (χ1) is 5.65. The van der Waals surface area contributed by atoms with Crippen molar-refractivity contribution < 1.29 is 9.90 Å². The Morgan fingerprint density at radius 3 is 2.67 bits per heavy atom. The molecule has 0 bridgehead atoms. The van der Waals surface area contributed by atoms with Crippen LogP contribution in [0.1, 0.15) is 15.9 Å². The van der Waals surface area contributed by atoms with E-state index in [2.05, 4.69) is 28.6 Å². The molecule has 0 aliphatic carbocycles. The summed E-state index contributed by atoms with van der Waals surface area (Å²) in [4.78, 5) is 10.5. The lowest BCUT2D eigenvalue weighted by atomic mass is 10.1. The molecule has 1 rings (SSSR count). The van der Waals surface area contributed by atoms with Crippen molar-refractivity contribution in [2.45, 2.75) is 5.75 Å². The smallest absolute Gasteiger partial charge is 0.335 e. The first-order valence-corrected chi connectivity index (χ1v) is 4.70. The van der Waals surface area contributed by atoms with E-state index in [1.54, 1.807) is 18.2 Å². The van der Waals surface area contributed by atoms with Gasteiger partial charge in [-0.2, -0.15) is 12.6 Å². The largest absolute Gasteiger partial charge is 0.478 e. The van der Waals surface area contributed by atoms with Crippen molar-refractivity contribution in [1.82, 2.24) is 0 Å². The second kappa shape index (κ2) is 3.96. The van der Waals surface area contributed by atoms with Crippen LogP contribution in [0.2, 0.25) is 0 Å². The second-order valence-electron chi connectivity index (χ2n) is 2.27. The summed E-state index contributed by atoms with van der Waals surface area (Å²) in [7, 11) is 0. The van der Waals surface area contributed by atoms with Gasteiger partial charge < -0.3 is 5.11 Å². The van der Waals surface area contributed by atoms with Crippen molar-refractivity contribution in [1.29, 1.82) is 0 Å². The van der Waals surface area contributed by atoms with Crippen LogP contribution >= 0.6 is 28.6 Å². The first-order valence-electron chi connectivity index (χ1n) is 3.27. The summed E-state index contributed by atoms with van der Waals surface area (Å²) >= 11 is 7.35. The third kappa shape index (κ3) is 2.01. The van der Waals surface area contributed by atoms with Crippen molar-refractivity contribution in [2.24, 2.45) is 0 Å². The molecule has 0 aliphatic heterocycles. The highest BCUT2D eigenvalue weighted by molar-refractivity contribution is 9.10. The Kier molecular flexibility index (Phi) is 3.17. The molecule has 0 saturated carbocycles. The molecule has 0 aliphatic rings. The SMILES string of the molecule is O=C(O)c1ccc(CS)c(Br)c1. The normalized spacial score (nSPS) is 9.83. The van der Waals surface area contributed by atoms with Crippen LogP contribution in [-0.2, 0) is 5.75 Å². The zero-order chi connectivity index (χ0) is 9.14. The van der Waals surface area contributed by atoms with Gasteiger partial charge in [0.2, 0.25) is 0 Å². The van der Waals surface area contributed by atoms with E-state index in [0.29, 0.717) is 5.75 Å². The zero-order valence-corrected chi connectivity index (χ0v) is 8.60. The first kappa shape index (κ1) is 9.61. The molecule has 0 unspecified atom stereocenters. The number of carboxylic acids is 1. The van der Waals surface area contributed by atoms with Gasteiger partial charge in [0.1, 0.15) is 0 Å². The Bertz CT molecular complexity index is 312. The Morgan fingerprint density at radius 1 is 1.58 bits per heavy atom. The van der Waals surface area contributed by atoms with E-state index in [0.717, 1.165) is 10.0 Å². The summed E-state index contributed by atoms with van der Waals surface area (Å²) in [5.41, 5.74) is 1.27. The molecule has 0 amide bonds. The standard InChI is InChI=1S/C8H7BrO2S/c9-7-3-5(8(10)11)1-2-6(7)4-12/h1-3,12H,4H2,(H,10,11). The molecule has 12 heavy (non-hydrogen) atoms. The zero-order valence-electron chi connectivity index (χ0n) is 6.12. The highest BCUT2D eigenvalue weighted by atomic mass is 79.9. The topological polar surface area (TPSA) is 37.3 Å². The Hall–Kier alpha value is -0.480. The summed E-state index contributed by atoms with van der Waals surface area (Å²) in [6.07, 6.45) is 0. The lowest BCUT2D eigenvalue weighted by Crippen LogP contribution is -1.96. The molecule has 0 spiro atoms. The minimum Gasteiger partial charge on any atom is -0.478 e. The molecular formula is C8H7BrO2S. The molecule has 1 aromatic rings. The summed E-state index contributed by atoms with van der Waals surface area (Å²) in [6.45, 7) is 0. The number of aromatic carboxylic acids is 1. The van der Waals surface area contributed by atoms with E-state index in [-0.39, 0.29) is 5.56 Å². The average molecular weight is 247 g/mol. The minimum absolute atomic E-state index is 0.285.